The van der Waals surface area contributed by atoms with Crippen LogP contribution in [0.1, 0.15) is 15.9 Å². The fourth-order valence-electron chi connectivity index (χ4n) is 2.60. The van der Waals surface area contributed by atoms with E-state index in [0.717, 1.165) is 6.20 Å². The topological polar surface area (TPSA) is 91.4 Å². The van der Waals surface area contributed by atoms with Gasteiger partial charge in [0.05, 0.1) is 12.1 Å². The minimum atomic E-state index is -5.30. The summed E-state index contributed by atoms with van der Waals surface area (Å²) < 4.78 is 41.4. The molecule has 3 rings (SSSR count). The molecule has 0 radical (unpaired) electrons. The second-order valence-corrected chi connectivity index (χ2v) is 6.26. The number of hydrogen-bond donors (Lipinski definition) is 2. The van der Waals surface area contributed by atoms with Crippen molar-refractivity contribution in [1.29, 1.82) is 0 Å². The van der Waals surface area contributed by atoms with Crippen LogP contribution in [0.4, 0.5) is 18.0 Å². The highest BCUT2D eigenvalue weighted by molar-refractivity contribution is 6.31. The van der Waals surface area contributed by atoms with E-state index in [2.05, 4.69) is 4.98 Å². The average Bonchev–Trinajstić information content (AvgIpc) is 2.89. The summed E-state index contributed by atoms with van der Waals surface area (Å²) in [6, 6.07) is 7.32. The molecule has 0 bridgehead atoms. The van der Waals surface area contributed by atoms with Crippen LogP contribution in [0.2, 0.25) is 5.02 Å². The van der Waals surface area contributed by atoms with E-state index in [4.69, 9.17) is 11.6 Å². The van der Waals surface area contributed by atoms with Crippen molar-refractivity contribution in [2.24, 2.45) is 0 Å². The van der Waals surface area contributed by atoms with Gasteiger partial charge >= 0.3 is 12.2 Å². The van der Waals surface area contributed by atoms with Gasteiger partial charge in [0, 0.05) is 17.4 Å². The predicted octanol–water partition coefficient (Wildman–Crippen LogP) is 2.48. The number of alkyl halides is 3. The smallest absolute Gasteiger partial charge is 0.314 e. The first-order valence-electron chi connectivity index (χ1n) is 7.82. The number of nitrogens with zero attached hydrogens (tertiary/aromatic N) is 2. The van der Waals surface area contributed by atoms with Gasteiger partial charge in [0.15, 0.2) is 0 Å². The summed E-state index contributed by atoms with van der Waals surface area (Å²) in [5.41, 5.74) is -3.54. The van der Waals surface area contributed by atoms with Crippen LogP contribution in [0.15, 0.2) is 48.8 Å². The van der Waals surface area contributed by atoms with E-state index in [1.807, 2.05) is 0 Å². The number of carbonyl (C=O) groups excluding carboxylic acids is 3. The third-order valence-electron chi connectivity index (χ3n) is 4.04. The van der Waals surface area contributed by atoms with Crippen LogP contribution in [0.3, 0.4) is 0 Å². The highest BCUT2D eigenvalue weighted by Crippen LogP contribution is 2.35. The quantitative estimate of drug-likeness (QED) is 0.755. The molecule has 7 nitrogen and oxygen atoms in total. The Bertz CT molecular complexity index is 939. The monoisotopic (exact) mass is 412 g/mol. The molecule has 2 heterocycles. The number of rotatable bonds is 4. The van der Waals surface area contributed by atoms with Crippen molar-refractivity contribution in [3.05, 3.63) is 64.9 Å². The number of aromatic nitrogens is 1. The van der Waals surface area contributed by atoms with E-state index in [1.165, 1.54) is 30.5 Å². The number of urea groups is 1. The lowest BCUT2D eigenvalue weighted by Crippen LogP contribution is -2.69. The maximum absolute atomic E-state index is 13.8. The third kappa shape index (κ3) is 3.38. The summed E-state index contributed by atoms with van der Waals surface area (Å²) >= 11 is 5.95. The highest BCUT2D eigenvalue weighted by Gasteiger charge is 2.68. The normalized spacial score (nSPS) is 19.5. The Labute approximate surface area is 161 Å². The number of pyridine rings is 1. The second-order valence-electron chi connectivity index (χ2n) is 5.86. The van der Waals surface area contributed by atoms with Crippen molar-refractivity contribution < 1.29 is 27.6 Å². The van der Waals surface area contributed by atoms with Gasteiger partial charge < -0.3 is 5.32 Å². The van der Waals surface area contributed by atoms with Gasteiger partial charge in [-0.15, -0.1) is 0 Å². The molecule has 11 heteroatoms. The predicted molar refractivity (Wildman–Crippen MR) is 91.0 cm³/mol. The van der Waals surface area contributed by atoms with Crippen molar-refractivity contribution in [2.75, 3.05) is 0 Å². The fraction of sp³-hybridized carbons (Fsp3) is 0.176. The lowest BCUT2D eigenvalue weighted by molar-refractivity contribution is -0.200. The lowest BCUT2D eigenvalue weighted by Gasteiger charge is -2.29. The van der Waals surface area contributed by atoms with E-state index in [9.17, 15) is 27.6 Å². The molecule has 1 aliphatic rings. The third-order valence-corrected chi connectivity index (χ3v) is 4.41. The zero-order chi connectivity index (χ0) is 20.5. The van der Waals surface area contributed by atoms with E-state index in [-0.39, 0.29) is 16.1 Å². The lowest BCUT2D eigenvalue weighted by atomic mass is 10.1. The first-order valence-corrected chi connectivity index (χ1v) is 8.20. The first kappa shape index (κ1) is 19.6. The number of imide groups is 1. The summed E-state index contributed by atoms with van der Waals surface area (Å²) in [6.07, 6.45) is -2.95. The minimum absolute atomic E-state index is 0.173. The summed E-state index contributed by atoms with van der Waals surface area (Å²) in [5, 5.41) is 3.34. The maximum Gasteiger partial charge on any atom is 0.440 e. The number of hydrogen-bond acceptors (Lipinski definition) is 4. The number of nitrogens with one attached hydrogen (secondary N) is 2. The molecule has 0 saturated carbocycles. The zero-order valence-corrected chi connectivity index (χ0v) is 14.7. The average molecular weight is 413 g/mol. The van der Waals surface area contributed by atoms with Gasteiger partial charge in [0.25, 0.3) is 17.5 Å². The summed E-state index contributed by atoms with van der Waals surface area (Å²) in [5.74, 6) is -2.89. The molecule has 1 aromatic carbocycles. The first-order chi connectivity index (χ1) is 13.2. The van der Waals surface area contributed by atoms with Crippen LogP contribution in [0.5, 0.6) is 0 Å². The van der Waals surface area contributed by atoms with Crippen molar-refractivity contribution in [1.82, 2.24) is 20.5 Å². The Balaban J connectivity index is 1.93. The summed E-state index contributed by atoms with van der Waals surface area (Å²) in [6.45, 7) is -0.495. The Morgan fingerprint density at radius 2 is 1.93 bits per heavy atom. The Morgan fingerprint density at radius 3 is 2.54 bits per heavy atom. The minimum Gasteiger partial charge on any atom is -0.314 e. The van der Waals surface area contributed by atoms with Crippen molar-refractivity contribution >= 4 is 29.4 Å². The van der Waals surface area contributed by atoms with Crippen molar-refractivity contribution in [2.45, 2.75) is 18.4 Å². The molecule has 0 spiro atoms. The molecule has 1 aromatic heterocycles. The second kappa shape index (κ2) is 7.12. The van der Waals surface area contributed by atoms with Crippen LogP contribution in [-0.2, 0) is 11.3 Å². The number of amides is 4. The van der Waals surface area contributed by atoms with Gasteiger partial charge in [-0.1, -0.05) is 29.8 Å². The van der Waals surface area contributed by atoms with Crippen LogP contribution in [0, 0.1) is 0 Å². The molecule has 1 unspecified atom stereocenters. The van der Waals surface area contributed by atoms with E-state index >= 15 is 0 Å². The van der Waals surface area contributed by atoms with E-state index in [1.54, 1.807) is 22.8 Å². The number of carbonyl (C=O) groups is 3. The van der Waals surface area contributed by atoms with Gasteiger partial charge in [0.1, 0.15) is 0 Å². The Morgan fingerprint density at radius 1 is 1.21 bits per heavy atom. The van der Waals surface area contributed by atoms with E-state index < -0.39 is 36.2 Å². The van der Waals surface area contributed by atoms with Crippen molar-refractivity contribution in [3.8, 4) is 0 Å². The fourth-order valence-corrected chi connectivity index (χ4v) is 2.80. The Kier molecular flexibility index (Phi) is 4.99. The molecule has 2 aromatic rings. The molecule has 146 valence electrons. The van der Waals surface area contributed by atoms with Crippen LogP contribution in [-0.4, -0.2) is 39.6 Å². The Hall–Kier alpha value is -3.14. The van der Waals surface area contributed by atoms with Crippen LogP contribution < -0.4 is 10.6 Å². The van der Waals surface area contributed by atoms with Crippen LogP contribution >= 0.6 is 11.6 Å². The number of halogens is 4. The SMILES string of the molecule is O=C(NC1(C(F)(F)F)NC(=O)N(Cc2ccccc2Cl)C1=O)c1cccnc1. The molecule has 0 aliphatic carbocycles. The standard InChI is InChI=1S/C17H12ClF3N4O3/c18-12-6-2-1-4-11(12)9-25-14(27)16(17(19,20)21,24-15(25)28)23-13(26)10-5-3-7-22-8-10/h1-8H,9H2,(H,23,26)(H,24,28). The largest absolute Gasteiger partial charge is 0.440 e. The van der Waals surface area contributed by atoms with Crippen molar-refractivity contribution in [3.63, 3.8) is 0 Å². The van der Waals surface area contributed by atoms with Gasteiger partial charge in [-0.05, 0) is 23.8 Å². The molecule has 1 atom stereocenters. The molecule has 1 saturated heterocycles. The molecule has 28 heavy (non-hydrogen) atoms. The van der Waals surface area contributed by atoms with E-state index in [0.29, 0.717) is 4.90 Å². The van der Waals surface area contributed by atoms with Gasteiger partial charge in [-0.3, -0.25) is 24.8 Å². The van der Waals surface area contributed by atoms with Gasteiger partial charge in [-0.25, -0.2) is 4.79 Å². The van der Waals surface area contributed by atoms with Gasteiger partial charge in [-0.2, -0.15) is 13.2 Å². The molecule has 1 aliphatic heterocycles. The molecular weight excluding hydrogens is 401 g/mol. The van der Waals surface area contributed by atoms with Gasteiger partial charge in [0.2, 0.25) is 0 Å². The molecule has 1 fully saturated rings. The number of benzene rings is 1. The maximum atomic E-state index is 13.8. The molecule has 2 N–H and O–H groups in total. The van der Waals surface area contributed by atoms with Crippen LogP contribution in [0.25, 0.3) is 0 Å². The molecular formula is C17H12ClF3N4O3. The molecule has 4 amide bonds. The summed E-state index contributed by atoms with van der Waals surface area (Å²) in [7, 11) is 0. The highest BCUT2D eigenvalue weighted by atomic mass is 35.5. The summed E-state index contributed by atoms with van der Waals surface area (Å²) in [4.78, 5) is 41.0. The zero-order valence-electron chi connectivity index (χ0n) is 14.0.